The second kappa shape index (κ2) is 6.01. The quantitative estimate of drug-likeness (QED) is 0.784. The fraction of sp³-hybridized carbons (Fsp3) is 0.312. The lowest BCUT2D eigenvalue weighted by Crippen LogP contribution is -2.14. The monoisotopic (exact) mass is 297 g/mol. The number of nitrogens with one attached hydrogen (secondary N) is 1. The summed E-state index contributed by atoms with van der Waals surface area (Å²) in [7, 11) is 1.65. The third-order valence-corrected chi connectivity index (χ3v) is 3.68. The zero-order valence-corrected chi connectivity index (χ0v) is 12.9. The average molecular weight is 297 g/mol. The predicted molar refractivity (Wildman–Crippen MR) is 86.6 cm³/mol. The minimum atomic E-state index is 0.349. The SMILES string of the molecule is CC[C@H](C)Nc1ncnc2c1cnn2-c1ccc(OC)cc1. The van der Waals surface area contributed by atoms with Gasteiger partial charge in [-0.2, -0.15) is 5.10 Å². The summed E-state index contributed by atoms with van der Waals surface area (Å²) >= 11 is 0. The van der Waals surface area contributed by atoms with Gasteiger partial charge in [-0.15, -0.1) is 0 Å². The maximum absolute atomic E-state index is 5.18. The van der Waals surface area contributed by atoms with Crippen molar-refractivity contribution < 1.29 is 4.74 Å². The van der Waals surface area contributed by atoms with E-state index in [2.05, 4.69) is 34.2 Å². The summed E-state index contributed by atoms with van der Waals surface area (Å²) in [6.07, 6.45) is 4.39. The molecule has 22 heavy (non-hydrogen) atoms. The number of rotatable bonds is 5. The van der Waals surface area contributed by atoms with Crippen LogP contribution in [-0.2, 0) is 0 Å². The summed E-state index contributed by atoms with van der Waals surface area (Å²) in [6, 6.07) is 8.07. The molecule has 0 aliphatic carbocycles. The highest BCUT2D eigenvalue weighted by Gasteiger charge is 2.12. The van der Waals surface area contributed by atoms with E-state index < -0.39 is 0 Å². The van der Waals surface area contributed by atoms with Crippen molar-refractivity contribution in [2.75, 3.05) is 12.4 Å². The van der Waals surface area contributed by atoms with Crippen molar-refractivity contribution in [3.63, 3.8) is 0 Å². The molecule has 2 heterocycles. The smallest absolute Gasteiger partial charge is 0.168 e. The van der Waals surface area contributed by atoms with Gasteiger partial charge in [0.15, 0.2) is 5.65 Å². The predicted octanol–water partition coefficient (Wildman–Crippen LogP) is 3.03. The van der Waals surface area contributed by atoms with Gasteiger partial charge in [-0.3, -0.25) is 0 Å². The highest BCUT2D eigenvalue weighted by Crippen LogP contribution is 2.23. The van der Waals surface area contributed by atoms with E-state index in [0.29, 0.717) is 6.04 Å². The molecule has 0 bridgehead atoms. The highest BCUT2D eigenvalue weighted by molar-refractivity contribution is 5.87. The van der Waals surface area contributed by atoms with Crippen LogP contribution in [-0.4, -0.2) is 32.9 Å². The molecule has 0 unspecified atom stereocenters. The molecule has 0 spiro atoms. The first-order chi connectivity index (χ1) is 10.7. The number of fused-ring (bicyclic) bond motifs is 1. The van der Waals surface area contributed by atoms with Crippen LogP contribution in [0.25, 0.3) is 16.7 Å². The van der Waals surface area contributed by atoms with Gasteiger partial charge in [0.1, 0.15) is 17.9 Å². The van der Waals surface area contributed by atoms with Crippen molar-refractivity contribution in [2.45, 2.75) is 26.3 Å². The summed E-state index contributed by atoms with van der Waals surface area (Å²) in [5.41, 5.74) is 1.72. The third kappa shape index (κ3) is 2.59. The molecular formula is C16H19N5O. The lowest BCUT2D eigenvalue weighted by molar-refractivity contribution is 0.414. The van der Waals surface area contributed by atoms with Gasteiger partial charge in [0.05, 0.1) is 24.4 Å². The number of nitrogens with zero attached hydrogens (tertiary/aromatic N) is 4. The fourth-order valence-electron chi connectivity index (χ4n) is 2.21. The Labute approximate surface area is 129 Å². The molecule has 6 nitrogen and oxygen atoms in total. The zero-order chi connectivity index (χ0) is 15.5. The summed E-state index contributed by atoms with van der Waals surface area (Å²) in [4.78, 5) is 8.71. The number of hydrogen-bond donors (Lipinski definition) is 1. The van der Waals surface area contributed by atoms with Crippen molar-refractivity contribution in [3.8, 4) is 11.4 Å². The molecule has 0 fully saturated rings. The molecule has 1 aromatic carbocycles. The maximum atomic E-state index is 5.18. The molecule has 2 aromatic heterocycles. The lowest BCUT2D eigenvalue weighted by atomic mass is 10.2. The van der Waals surface area contributed by atoms with Gasteiger partial charge in [0.25, 0.3) is 0 Å². The maximum Gasteiger partial charge on any atom is 0.168 e. The Balaban J connectivity index is 2.02. The second-order valence-corrected chi connectivity index (χ2v) is 5.17. The molecule has 1 atom stereocenters. The number of aromatic nitrogens is 4. The summed E-state index contributed by atoms with van der Waals surface area (Å²) in [6.45, 7) is 4.26. The first kappa shape index (κ1) is 14.3. The zero-order valence-electron chi connectivity index (χ0n) is 12.9. The number of benzene rings is 1. The van der Waals surface area contributed by atoms with Crippen LogP contribution in [0.5, 0.6) is 5.75 Å². The third-order valence-electron chi connectivity index (χ3n) is 3.68. The summed E-state index contributed by atoms with van der Waals surface area (Å²) < 4.78 is 6.99. The van der Waals surface area contributed by atoms with Gasteiger partial charge < -0.3 is 10.1 Å². The van der Waals surface area contributed by atoms with Crippen molar-refractivity contribution in [1.82, 2.24) is 19.7 Å². The normalized spacial score (nSPS) is 12.3. The molecule has 0 aliphatic rings. The highest BCUT2D eigenvalue weighted by atomic mass is 16.5. The van der Waals surface area contributed by atoms with E-state index in [0.717, 1.165) is 34.7 Å². The minimum absolute atomic E-state index is 0.349. The van der Waals surface area contributed by atoms with Crippen molar-refractivity contribution in [2.24, 2.45) is 0 Å². The molecule has 0 radical (unpaired) electrons. The first-order valence-electron chi connectivity index (χ1n) is 7.32. The fourth-order valence-corrected chi connectivity index (χ4v) is 2.21. The molecule has 1 N–H and O–H groups in total. The number of hydrogen-bond acceptors (Lipinski definition) is 5. The summed E-state index contributed by atoms with van der Waals surface area (Å²) in [5.74, 6) is 1.63. The number of methoxy groups -OCH3 is 1. The van der Waals surface area contributed by atoms with Crippen molar-refractivity contribution in [1.29, 1.82) is 0 Å². The number of ether oxygens (including phenoxy) is 1. The van der Waals surface area contributed by atoms with Gasteiger partial charge in [-0.25, -0.2) is 14.6 Å². The van der Waals surface area contributed by atoms with Crippen LogP contribution in [0.1, 0.15) is 20.3 Å². The minimum Gasteiger partial charge on any atom is -0.497 e. The van der Waals surface area contributed by atoms with Crippen LogP contribution in [0.2, 0.25) is 0 Å². The Bertz CT molecular complexity index is 766. The first-order valence-corrected chi connectivity index (χ1v) is 7.32. The van der Waals surface area contributed by atoms with E-state index in [-0.39, 0.29) is 0 Å². The van der Waals surface area contributed by atoms with Gasteiger partial charge in [0.2, 0.25) is 0 Å². The standard InChI is InChI=1S/C16H19N5O/c1-4-11(2)20-15-14-9-19-21(16(14)18-10-17-15)12-5-7-13(22-3)8-6-12/h5-11H,4H2,1-3H3,(H,17,18,20)/t11-/m0/s1. The molecule has 0 aliphatic heterocycles. The average Bonchev–Trinajstić information content (AvgIpc) is 3.00. The molecular weight excluding hydrogens is 278 g/mol. The van der Waals surface area contributed by atoms with E-state index >= 15 is 0 Å². The molecule has 3 rings (SSSR count). The van der Waals surface area contributed by atoms with Crippen LogP contribution in [0.15, 0.2) is 36.8 Å². The van der Waals surface area contributed by atoms with Crippen LogP contribution in [0.4, 0.5) is 5.82 Å². The largest absolute Gasteiger partial charge is 0.497 e. The van der Waals surface area contributed by atoms with E-state index in [1.165, 1.54) is 0 Å². The van der Waals surface area contributed by atoms with Gasteiger partial charge >= 0.3 is 0 Å². The van der Waals surface area contributed by atoms with Crippen LogP contribution in [0.3, 0.4) is 0 Å². The van der Waals surface area contributed by atoms with Crippen LogP contribution < -0.4 is 10.1 Å². The van der Waals surface area contributed by atoms with Crippen molar-refractivity contribution >= 4 is 16.9 Å². The van der Waals surface area contributed by atoms with Crippen molar-refractivity contribution in [3.05, 3.63) is 36.8 Å². The Morgan fingerprint density at radius 2 is 2.00 bits per heavy atom. The lowest BCUT2D eigenvalue weighted by Gasteiger charge is -2.12. The second-order valence-electron chi connectivity index (χ2n) is 5.17. The molecule has 0 saturated heterocycles. The van der Waals surface area contributed by atoms with Crippen LogP contribution >= 0.6 is 0 Å². The topological polar surface area (TPSA) is 64.9 Å². The Hall–Kier alpha value is -2.63. The molecule has 6 heteroatoms. The molecule has 114 valence electrons. The Kier molecular flexibility index (Phi) is 3.91. The van der Waals surface area contributed by atoms with Gasteiger partial charge in [0, 0.05) is 6.04 Å². The van der Waals surface area contributed by atoms with Crippen LogP contribution in [0, 0.1) is 0 Å². The van der Waals surface area contributed by atoms with Gasteiger partial charge in [-0.1, -0.05) is 6.92 Å². The number of anilines is 1. The Morgan fingerprint density at radius 1 is 1.23 bits per heavy atom. The Morgan fingerprint density at radius 3 is 2.68 bits per heavy atom. The molecule has 3 aromatic rings. The molecule has 0 saturated carbocycles. The van der Waals surface area contributed by atoms with E-state index in [1.807, 2.05) is 24.3 Å². The van der Waals surface area contributed by atoms with E-state index in [9.17, 15) is 0 Å². The molecule has 0 amide bonds. The van der Waals surface area contributed by atoms with E-state index in [1.54, 1.807) is 24.3 Å². The summed E-state index contributed by atoms with van der Waals surface area (Å²) in [5, 5.41) is 8.76. The van der Waals surface area contributed by atoms with E-state index in [4.69, 9.17) is 4.74 Å². The van der Waals surface area contributed by atoms with Gasteiger partial charge in [-0.05, 0) is 37.6 Å².